The molecule has 0 unspecified atom stereocenters. The summed E-state index contributed by atoms with van der Waals surface area (Å²) in [5.74, 6) is 0.871. The zero-order valence-corrected chi connectivity index (χ0v) is 11.1. The SMILES string of the molecule is CCCOc1ccccc1-n1nnc2c1CCNC2. The van der Waals surface area contributed by atoms with Crippen LogP contribution in [0.1, 0.15) is 24.7 Å². The molecule has 0 radical (unpaired) electrons. The Kier molecular flexibility index (Phi) is 3.46. The first-order valence-corrected chi connectivity index (χ1v) is 6.76. The normalized spacial score (nSPS) is 14.2. The van der Waals surface area contributed by atoms with Crippen molar-refractivity contribution in [3.8, 4) is 11.4 Å². The van der Waals surface area contributed by atoms with E-state index < -0.39 is 0 Å². The fourth-order valence-corrected chi connectivity index (χ4v) is 2.29. The molecule has 0 amide bonds. The largest absolute Gasteiger partial charge is 0.491 e. The van der Waals surface area contributed by atoms with Crippen LogP contribution in [0.15, 0.2) is 24.3 Å². The van der Waals surface area contributed by atoms with Crippen molar-refractivity contribution in [3.05, 3.63) is 35.7 Å². The van der Waals surface area contributed by atoms with Crippen molar-refractivity contribution >= 4 is 0 Å². The van der Waals surface area contributed by atoms with Gasteiger partial charge in [-0.25, -0.2) is 4.68 Å². The number of para-hydroxylation sites is 2. The highest BCUT2D eigenvalue weighted by atomic mass is 16.5. The zero-order chi connectivity index (χ0) is 13.1. The van der Waals surface area contributed by atoms with Gasteiger partial charge in [-0.2, -0.15) is 0 Å². The molecule has 0 atom stereocenters. The van der Waals surface area contributed by atoms with Crippen LogP contribution in [-0.4, -0.2) is 28.1 Å². The van der Waals surface area contributed by atoms with E-state index in [2.05, 4.69) is 22.6 Å². The Morgan fingerprint density at radius 2 is 2.26 bits per heavy atom. The maximum absolute atomic E-state index is 5.80. The molecule has 1 aliphatic heterocycles. The van der Waals surface area contributed by atoms with E-state index in [9.17, 15) is 0 Å². The molecule has 1 aromatic carbocycles. The summed E-state index contributed by atoms with van der Waals surface area (Å²) in [6.07, 6.45) is 1.94. The second kappa shape index (κ2) is 5.40. The number of rotatable bonds is 4. The van der Waals surface area contributed by atoms with Gasteiger partial charge >= 0.3 is 0 Å². The van der Waals surface area contributed by atoms with E-state index in [1.54, 1.807) is 0 Å². The molecule has 0 fully saturated rings. The van der Waals surface area contributed by atoms with Gasteiger partial charge in [0.2, 0.25) is 0 Å². The fraction of sp³-hybridized carbons (Fsp3) is 0.429. The molecule has 1 N–H and O–H groups in total. The van der Waals surface area contributed by atoms with E-state index in [-0.39, 0.29) is 0 Å². The van der Waals surface area contributed by atoms with Gasteiger partial charge < -0.3 is 10.1 Å². The minimum absolute atomic E-state index is 0.718. The maximum Gasteiger partial charge on any atom is 0.145 e. The second-order valence-corrected chi connectivity index (χ2v) is 4.64. The number of hydrogen-bond acceptors (Lipinski definition) is 4. The molecule has 2 aromatic rings. The van der Waals surface area contributed by atoms with E-state index in [0.717, 1.165) is 49.7 Å². The van der Waals surface area contributed by atoms with Crippen molar-refractivity contribution in [2.24, 2.45) is 0 Å². The van der Waals surface area contributed by atoms with Crippen molar-refractivity contribution < 1.29 is 4.74 Å². The van der Waals surface area contributed by atoms with Gasteiger partial charge in [-0.3, -0.25) is 0 Å². The first-order valence-electron chi connectivity index (χ1n) is 6.76. The number of hydrogen-bond donors (Lipinski definition) is 1. The third-order valence-corrected chi connectivity index (χ3v) is 3.23. The van der Waals surface area contributed by atoms with Gasteiger partial charge in [0.25, 0.3) is 0 Å². The lowest BCUT2D eigenvalue weighted by Gasteiger charge is -2.15. The molecule has 0 bridgehead atoms. The van der Waals surface area contributed by atoms with Crippen LogP contribution in [-0.2, 0) is 13.0 Å². The molecule has 3 rings (SSSR count). The van der Waals surface area contributed by atoms with Crippen LogP contribution in [0, 0.1) is 0 Å². The van der Waals surface area contributed by atoms with Crippen molar-refractivity contribution in [1.29, 1.82) is 0 Å². The highest BCUT2D eigenvalue weighted by Gasteiger charge is 2.19. The van der Waals surface area contributed by atoms with Gasteiger partial charge in [0.05, 0.1) is 12.3 Å². The number of nitrogens with zero attached hydrogens (tertiary/aromatic N) is 3. The molecule has 5 nitrogen and oxygen atoms in total. The Balaban J connectivity index is 1.99. The minimum atomic E-state index is 0.718. The number of aromatic nitrogens is 3. The first kappa shape index (κ1) is 12.2. The summed E-state index contributed by atoms with van der Waals surface area (Å²) >= 11 is 0. The molecule has 5 heteroatoms. The van der Waals surface area contributed by atoms with Gasteiger partial charge in [0, 0.05) is 19.5 Å². The summed E-state index contributed by atoms with van der Waals surface area (Å²) in [6, 6.07) is 8.00. The smallest absolute Gasteiger partial charge is 0.145 e. The summed E-state index contributed by atoms with van der Waals surface area (Å²) in [5, 5.41) is 11.8. The molecular formula is C14H18N4O. The van der Waals surface area contributed by atoms with E-state index >= 15 is 0 Å². The van der Waals surface area contributed by atoms with Crippen molar-refractivity contribution in [2.75, 3.05) is 13.2 Å². The highest BCUT2D eigenvalue weighted by molar-refractivity contribution is 5.47. The lowest BCUT2D eigenvalue weighted by Crippen LogP contribution is -2.24. The monoisotopic (exact) mass is 258 g/mol. The molecule has 19 heavy (non-hydrogen) atoms. The lowest BCUT2D eigenvalue weighted by atomic mass is 10.1. The van der Waals surface area contributed by atoms with Crippen LogP contribution in [0.3, 0.4) is 0 Å². The summed E-state index contributed by atoms with van der Waals surface area (Å²) in [7, 11) is 0. The van der Waals surface area contributed by atoms with Crippen LogP contribution in [0.4, 0.5) is 0 Å². The molecule has 0 aliphatic carbocycles. The molecule has 1 aromatic heterocycles. The summed E-state index contributed by atoms with van der Waals surface area (Å²) in [6.45, 7) is 4.59. The molecule has 2 heterocycles. The Bertz CT molecular complexity index is 564. The van der Waals surface area contributed by atoms with E-state index in [4.69, 9.17) is 4.74 Å². The number of benzene rings is 1. The number of ether oxygens (including phenoxy) is 1. The third kappa shape index (κ3) is 2.33. The average molecular weight is 258 g/mol. The number of fused-ring (bicyclic) bond motifs is 1. The predicted octanol–water partition coefficient (Wildman–Crippen LogP) is 1.70. The Morgan fingerprint density at radius 3 is 3.16 bits per heavy atom. The van der Waals surface area contributed by atoms with Gasteiger partial charge in [-0.1, -0.05) is 24.3 Å². The molecule has 0 saturated carbocycles. The van der Waals surface area contributed by atoms with Crippen molar-refractivity contribution in [1.82, 2.24) is 20.3 Å². The molecule has 0 spiro atoms. The van der Waals surface area contributed by atoms with Crippen molar-refractivity contribution in [3.63, 3.8) is 0 Å². The molecule has 1 aliphatic rings. The number of nitrogens with one attached hydrogen (secondary N) is 1. The molecule has 0 saturated heterocycles. The van der Waals surface area contributed by atoms with Gasteiger partial charge in [0.1, 0.15) is 17.1 Å². The van der Waals surface area contributed by atoms with E-state index in [1.807, 2.05) is 28.9 Å². The Morgan fingerprint density at radius 1 is 1.37 bits per heavy atom. The van der Waals surface area contributed by atoms with Crippen LogP contribution < -0.4 is 10.1 Å². The van der Waals surface area contributed by atoms with Crippen LogP contribution in [0.25, 0.3) is 5.69 Å². The van der Waals surface area contributed by atoms with Gasteiger partial charge in [-0.05, 0) is 18.6 Å². The quantitative estimate of drug-likeness (QED) is 0.907. The maximum atomic E-state index is 5.80. The van der Waals surface area contributed by atoms with Crippen LogP contribution in [0.5, 0.6) is 5.75 Å². The Labute approximate surface area is 112 Å². The third-order valence-electron chi connectivity index (χ3n) is 3.23. The van der Waals surface area contributed by atoms with E-state index in [0.29, 0.717) is 0 Å². The van der Waals surface area contributed by atoms with Gasteiger partial charge in [-0.15, -0.1) is 5.10 Å². The summed E-state index contributed by atoms with van der Waals surface area (Å²) < 4.78 is 7.71. The lowest BCUT2D eigenvalue weighted by molar-refractivity contribution is 0.315. The highest BCUT2D eigenvalue weighted by Crippen LogP contribution is 2.25. The van der Waals surface area contributed by atoms with Crippen LogP contribution in [0.2, 0.25) is 0 Å². The fourth-order valence-electron chi connectivity index (χ4n) is 2.29. The standard InChI is InChI=1S/C14H18N4O/c1-2-9-19-14-6-4-3-5-13(14)18-12-7-8-15-10-11(12)16-17-18/h3-6,15H,2,7-10H2,1H3. The zero-order valence-electron chi connectivity index (χ0n) is 11.1. The second-order valence-electron chi connectivity index (χ2n) is 4.64. The summed E-state index contributed by atoms with van der Waals surface area (Å²) in [4.78, 5) is 0. The van der Waals surface area contributed by atoms with Gasteiger partial charge in [0.15, 0.2) is 0 Å². The van der Waals surface area contributed by atoms with Crippen molar-refractivity contribution in [2.45, 2.75) is 26.3 Å². The first-order chi connectivity index (χ1) is 9.40. The molecular weight excluding hydrogens is 240 g/mol. The van der Waals surface area contributed by atoms with Crippen LogP contribution >= 0.6 is 0 Å². The predicted molar refractivity (Wildman–Crippen MR) is 72.6 cm³/mol. The molecule has 100 valence electrons. The minimum Gasteiger partial charge on any atom is -0.491 e. The van der Waals surface area contributed by atoms with E-state index in [1.165, 1.54) is 5.69 Å². The Hall–Kier alpha value is -1.88. The topological polar surface area (TPSA) is 52.0 Å². The summed E-state index contributed by atoms with van der Waals surface area (Å²) in [5.41, 5.74) is 3.20. The average Bonchev–Trinajstić information content (AvgIpc) is 2.89.